The third kappa shape index (κ3) is 4.18. The standard InChI is InChI=1S/C15H25N3O2S/c1-3-10-18-11-8-13(9-12-18)17-21(19,20)15-7-5-4-6-14(15)16-2/h4-7,13,16-17H,3,8-12H2,1-2H3. The molecule has 1 aromatic carbocycles. The van der Waals surface area contributed by atoms with E-state index in [0.717, 1.165) is 38.9 Å². The summed E-state index contributed by atoms with van der Waals surface area (Å²) in [4.78, 5) is 2.72. The first kappa shape index (κ1) is 16.3. The van der Waals surface area contributed by atoms with E-state index in [2.05, 4.69) is 21.9 Å². The van der Waals surface area contributed by atoms with Crippen LogP contribution in [-0.4, -0.2) is 46.0 Å². The van der Waals surface area contributed by atoms with Crippen LogP contribution < -0.4 is 10.0 Å². The molecule has 118 valence electrons. The van der Waals surface area contributed by atoms with Gasteiger partial charge in [0.2, 0.25) is 10.0 Å². The van der Waals surface area contributed by atoms with Gasteiger partial charge in [-0.2, -0.15) is 0 Å². The lowest BCUT2D eigenvalue weighted by Crippen LogP contribution is -2.44. The number of nitrogens with zero attached hydrogens (tertiary/aromatic N) is 1. The largest absolute Gasteiger partial charge is 0.387 e. The Kier molecular flexibility index (Phi) is 5.61. The molecule has 2 N–H and O–H groups in total. The number of para-hydroxylation sites is 1. The number of hydrogen-bond donors (Lipinski definition) is 2. The minimum Gasteiger partial charge on any atom is -0.387 e. The predicted octanol–water partition coefficient (Wildman–Crippen LogP) is 1.88. The Balaban J connectivity index is 2.02. The van der Waals surface area contributed by atoms with Crippen LogP contribution in [0.2, 0.25) is 0 Å². The van der Waals surface area contributed by atoms with E-state index in [1.165, 1.54) is 0 Å². The highest BCUT2D eigenvalue weighted by molar-refractivity contribution is 7.89. The normalized spacial score (nSPS) is 17.8. The molecule has 0 radical (unpaired) electrons. The number of hydrogen-bond acceptors (Lipinski definition) is 4. The van der Waals surface area contributed by atoms with Crippen molar-refractivity contribution in [1.29, 1.82) is 0 Å². The minimum atomic E-state index is -3.46. The molecule has 0 aromatic heterocycles. The summed E-state index contributed by atoms with van der Waals surface area (Å²) in [7, 11) is -1.73. The molecule has 2 rings (SSSR count). The van der Waals surface area contributed by atoms with Gasteiger partial charge in [0.25, 0.3) is 0 Å². The fourth-order valence-corrected chi connectivity index (χ4v) is 4.30. The van der Waals surface area contributed by atoms with E-state index in [0.29, 0.717) is 10.6 Å². The van der Waals surface area contributed by atoms with Gasteiger partial charge in [0.15, 0.2) is 0 Å². The van der Waals surface area contributed by atoms with Crippen LogP contribution in [0, 0.1) is 0 Å². The van der Waals surface area contributed by atoms with Crippen LogP contribution in [0.1, 0.15) is 26.2 Å². The summed E-state index contributed by atoms with van der Waals surface area (Å²) < 4.78 is 27.9. The smallest absolute Gasteiger partial charge is 0.242 e. The van der Waals surface area contributed by atoms with Gasteiger partial charge in [0.05, 0.1) is 5.69 Å². The molecule has 0 atom stereocenters. The fourth-order valence-electron chi connectivity index (χ4n) is 2.78. The van der Waals surface area contributed by atoms with Crippen molar-refractivity contribution in [2.45, 2.75) is 37.1 Å². The summed E-state index contributed by atoms with van der Waals surface area (Å²) >= 11 is 0. The Morgan fingerprint density at radius 2 is 1.90 bits per heavy atom. The first-order valence-corrected chi connectivity index (χ1v) is 9.06. The van der Waals surface area contributed by atoms with Gasteiger partial charge in [-0.15, -0.1) is 0 Å². The third-order valence-electron chi connectivity index (χ3n) is 3.90. The van der Waals surface area contributed by atoms with Gasteiger partial charge < -0.3 is 10.2 Å². The molecule has 0 bridgehead atoms. The summed E-state index contributed by atoms with van der Waals surface area (Å²) in [5.41, 5.74) is 0.633. The molecule has 0 unspecified atom stereocenters. The third-order valence-corrected chi connectivity index (χ3v) is 5.47. The molecular formula is C15H25N3O2S. The lowest BCUT2D eigenvalue weighted by Gasteiger charge is -2.32. The highest BCUT2D eigenvalue weighted by Gasteiger charge is 2.25. The summed E-state index contributed by atoms with van der Waals surface area (Å²) in [6.45, 7) is 5.20. The van der Waals surface area contributed by atoms with Crippen LogP contribution in [0.4, 0.5) is 5.69 Å². The highest BCUT2D eigenvalue weighted by Crippen LogP contribution is 2.21. The maximum atomic E-state index is 12.5. The minimum absolute atomic E-state index is 0.0352. The average molecular weight is 311 g/mol. The van der Waals surface area contributed by atoms with E-state index in [1.54, 1.807) is 25.2 Å². The Bertz CT molecular complexity index is 552. The molecular weight excluding hydrogens is 286 g/mol. The van der Waals surface area contributed by atoms with Crippen molar-refractivity contribution in [3.05, 3.63) is 24.3 Å². The summed E-state index contributed by atoms with van der Waals surface area (Å²) in [6.07, 6.45) is 2.90. The van der Waals surface area contributed by atoms with Crippen molar-refractivity contribution >= 4 is 15.7 Å². The molecule has 1 saturated heterocycles. The topological polar surface area (TPSA) is 61.4 Å². The van der Waals surface area contributed by atoms with Crippen molar-refractivity contribution in [3.63, 3.8) is 0 Å². The maximum absolute atomic E-state index is 12.5. The highest BCUT2D eigenvalue weighted by atomic mass is 32.2. The molecule has 1 aliphatic heterocycles. The number of piperidine rings is 1. The fraction of sp³-hybridized carbons (Fsp3) is 0.600. The van der Waals surface area contributed by atoms with E-state index in [-0.39, 0.29) is 6.04 Å². The average Bonchev–Trinajstić information content (AvgIpc) is 2.49. The van der Waals surface area contributed by atoms with Crippen molar-refractivity contribution in [1.82, 2.24) is 9.62 Å². The monoisotopic (exact) mass is 311 g/mol. The summed E-state index contributed by atoms with van der Waals surface area (Å²) in [5, 5.41) is 2.94. The molecule has 21 heavy (non-hydrogen) atoms. The van der Waals surface area contributed by atoms with Gasteiger partial charge in [-0.25, -0.2) is 13.1 Å². The second kappa shape index (κ2) is 7.24. The maximum Gasteiger partial charge on any atom is 0.242 e. The molecule has 6 heteroatoms. The summed E-state index contributed by atoms with van der Waals surface area (Å²) in [5.74, 6) is 0. The quantitative estimate of drug-likeness (QED) is 0.842. The van der Waals surface area contributed by atoms with E-state index >= 15 is 0 Å². The van der Waals surface area contributed by atoms with E-state index in [9.17, 15) is 8.42 Å². The van der Waals surface area contributed by atoms with Gasteiger partial charge in [-0.05, 0) is 51.0 Å². The Labute approximate surface area is 127 Å². The zero-order valence-corrected chi connectivity index (χ0v) is 13.6. The molecule has 0 saturated carbocycles. The first-order valence-electron chi connectivity index (χ1n) is 7.58. The number of anilines is 1. The van der Waals surface area contributed by atoms with E-state index < -0.39 is 10.0 Å². The SMILES string of the molecule is CCCN1CCC(NS(=O)(=O)c2ccccc2NC)CC1. The van der Waals surface area contributed by atoms with Crippen LogP contribution in [0.25, 0.3) is 0 Å². The number of sulfonamides is 1. The molecule has 1 fully saturated rings. The lowest BCUT2D eigenvalue weighted by molar-refractivity contribution is 0.208. The zero-order chi connectivity index (χ0) is 15.3. The zero-order valence-electron chi connectivity index (χ0n) is 12.8. The molecule has 1 heterocycles. The van der Waals surface area contributed by atoms with Gasteiger partial charge in [-0.3, -0.25) is 0 Å². The van der Waals surface area contributed by atoms with Crippen LogP contribution in [0.3, 0.4) is 0 Å². The molecule has 0 aliphatic carbocycles. The van der Waals surface area contributed by atoms with Crippen molar-refractivity contribution in [2.75, 3.05) is 32.0 Å². The van der Waals surface area contributed by atoms with Crippen molar-refractivity contribution < 1.29 is 8.42 Å². The molecule has 5 nitrogen and oxygen atoms in total. The summed E-state index contributed by atoms with van der Waals surface area (Å²) in [6, 6.07) is 7.03. The van der Waals surface area contributed by atoms with Crippen LogP contribution in [0.15, 0.2) is 29.2 Å². The van der Waals surface area contributed by atoms with Gasteiger partial charge in [-0.1, -0.05) is 19.1 Å². The van der Waals surface area contributed by atoms with Crippen LogP contribution >= 0.6 is 0 Å². The Morgan fingerprint density at radius 3 is 2.52 bits per heavy atom. The van der Waals surface area contributed by atoms with E-state index in [4.69, 9.17) is 0 Å². The first-order chi connectivity index (χ1) is 10.1. The van der Waals surface area contributed by atoms with Crippen molar-refractivity contribution in [2.24, 2.45) is 0 Å². The van der Waals surface area contributed by atoms with Crippen LogP contribution in [0.5, 0.6) is 0 Å². The van der Waals surface area contributed by atoms with Crippen molar-refractivity contribution in [3.8, 4) is 0 Å². The second-order valence-corrected chi connectivity index (χ2v) is 7.17. The van der Waals surface area contributed by atoms with E-state index in [1.807, 2.05) is 6.07 Å². The lowest BCUT2D eigenvalue weighted by atomic mass is 10.1. The number of rotatable bonds is 6. The molecule has 1 aliphatic rings. The molecule has 1 aromatic rings. The number of likely N-dealkylation sites (tertiary alicyclic amines) is 1. The Morgan fingerprint density at radius 1 is 1.24 bits per heavy atom. The predicted molar refractivity (Wildman–Crippen MR) is 86.1 cm³/mol. The molecule has 0 spiro atoms. The second-order valence-electron chi connectivity index (χ2n) is 5.48. The van der Waals surface area contributed by atoms with Gasteiger partial charge >= 0.3 is 0 Å². The number of nitrogens with one attached hydrogen (secondary N) is 2. The van der Waals surface area contributed by atoms with Crippen LogP contribution in [-0.2, 0) is 10.0 Å². The van der Waals surface area contributed by atoms with Gasteiger partial charge in [0.1, 0.15) is 4.90 Å². The Hall–Kier alpha value is -1.11. The van der Waals surface area contributed by atoms with Gasteiger partial charge in [0, 0.05) is 13.1 Å². The number of benzene rings is 1. The molecule has 0 amide bonds.